The van der Waals surface area contributed by atoms with Crippen LogP contribution < -0.4 is 15.2 Å². The molecule has 2 N–H and O–H groups in total. The molecule has 2 aromatic rings. The Balaban J connectivity index is 1.96. The molecule has 1 aliphatic rings. The molecule has 2 heterocycles. The van der Waals surface area contributed by atoms with E-state index in [1.165, 1.54) is 0 Å². The third kappa shape index (κ3) is 1.97. The number of hydrogen-bond acceptors (Lipinski definition) is 4. The molecule has 0 radical (unpaired) electrons. The Labute approximate surface area is 113 Å². The first-order chi connectivity index (χ1) is 8.78. The lowest BCUT2D eigenvalue weighted by atomic mass is 10.1. The summed E-state index contributed by atoms with van der Waals surface area (Å²) >= 11 is 3.38. The average molecular weight is 310 g/mol. The number of aromatic nitrogens is 2. The normalized spacial score (nSPS) is 14.8. The van der Waals surface area contributed by atoms with Crippen molar-refractivity contribution in [3.63, 3.8) is 0 Å². The summed E-state index contributed by atoms with van der Waals surface area (Å²) in [5.74, 6) is 1.54. The van der Waals surface area contributed by atoms with Gasteiger partial charge in [-0.05, 0) is 33.6 Å². The molecule has 1 aromatic carbocycles. The molecule has 3 rings (SSSR count). The smallest absolute Gasteiger partial charge is 0.231 e. The van der Waals surface area contributed by atoms with Crippen molar-refractivity contribution in [1.82, 2.24) is 9.78 Å². The van der Waals surface area contributed by atoms with Gasteiger partial charge in [-0.1, -0.05) is 6.07 Å². The van der Waals surface area contributed by atoms with Crippen molar-refractivity contribution in [3.05, 3.63) is 40.6 Å². The molecule has 0 amide bonds. The van der Waals surface area contributed by atoms with Gasteiger partial charge < -0.3 is 15.2 Å². The van der Waals surface area contributed by atoms with Gasteiger partial charge in [0, 0.05) is 12.7 Å². The van der Waals surface area contributed by atoms with Crippen LogP contribution >= 0.6 is 15.9 Å². The van der Waals surface area contributed by atoms with Gasteiger partial charge in [0.2, 0.25) is 6.79 Å². The van der Waals surface area contributed by atoms with Gasteiger partial charge in [0.1, 0.15) is 0 Å². The molecule has 1 aliphatic heterocycles. The van der Waals surface area contributed by atoms with E-state index < -0.39 is 0 Å². The minimum Gasteiger partial charge on any atom is -0.454 e. The first-order valence-electron chi connectivity index (χ1n) is 5.57. The van der Waals surface area contributed by atoms with Crippen LogP contribution in [0.5, 0.6) is 11.5 Å². The van der Waals surface area contributed by atoms with Crippen LogP contribution in [-0.4, -0.2) is 23.1 Å². The van der Waals surface area contributed by atoms with E-state index in [-0.39, 0.29) is 12.8 Å². The van der Waals surface area contributed by atoms with Gasteiger partial charge in [-0.15, -0.1) is 0 Å². The molecule has 18 heavy (non-hydrogen) atoms. The molecule has 0 saturated carbocycles. The number of ether oxygens (including phenoxy) is 2. The van der Waals surface area contributed by atoms with Crippen LogP contribution in [0.1, 0.15) is 11.6 Å². The standard InChI is InChI=1S/C12H12BrN3O2/c13-9-5-15-16(6-9)10(4-14)8-1-2-11-12(3-8)18-7-17-11/h1-3,5-6,10H,4,7,14H2. The fourth-order valence-corrected chi connectivity index (χ4v) is 2.30. The van der Waals surface area contributed by atoms with Crippen LogP contribution in [0.4, 0.5) is 0 Å². The van der Waals surface area contributed by atoms with E-state index in [9.17, 15) is 0 Å². The Morgan fingerprint density at radius 1 is 1.39 bits per heavy atom. The number of nitrogens with two attached hydrogens (primary N) is 1. The molecule has 0 spiro atoms. The minimum absolute atomic E-state index is 0.00852. The monoisotopic (exact) mass is 309 g/mol. The zero-order valence-electron chi connectivity index (χ0n) is 9.54. The molecule has 1 aromatic heterocycles. The average Bonchev–Trinajstić information content (AvgIpc) is 2.99. The molecule has 0 saturated heterocycles. The second kappa shape index (κ2) is 4.62. The molecule has 0 aliphatic carbocycles. The Hall–Kier alpha value is -1.53. The third-order valence-corrected chi connectivity index (χ3v) is 3.30. The molecule has 94 valence electrons. The van der Waals surface area contributed by atoms with E-state index >= 15 is 0 Å². The number of nitrogens with zero attached hydrogens (tertiary/aromatic N) is 2. The summed E-state index contributed by atoms with van der Waals surface area (Å²) in [6.45, 7) is 0.743. The lowest BCUT2D eigenvalue weighted by molar-refractivity contribution is 0.174. The molecule has 6 heteroatoms. The van der Waals surface area contributed by atoms with Crippen molar-refractivity contribution in [3.8, 4) is 11.5 Å². The van der Waals surface area contributed by atoms with Gasteiger partial charge >= 0.3 is 0 Å². The number of rotatable bonds is 3. The summed E-state index contributed by atoms with van der Waals surface area (Å²) in [6.07, 6.45) is 3.65. The predicted octanol–water partition coefficient (Wildman–Crippen LogP) is 1.92. The Morgan fingerprint density at radius 2 is 2.22 bits per heavy atom. The maximum atomic E-state index is 5.84. The molecular formula is C12H12BrN3O2. The van der Waals surface area contributed by atoms with Crippen LogP contribution in [0, 0.1) is 0 Å². The molecule has 0 fully saturated rings. The van der Waals surface area contributed by atoms with Crippen molar-refractivity contribution in [1.29, 1.82) is 0 Å². The zero-order chi connectivity index (χ0) is 12.5. The topological polar surface area (TPSA) is 62.3 Å². The van der Waals surface area contributed by atoms with Crippen LogP contribution in [0.2, 0.25) is 0 Å². The lowest BCUT2D eigenvalue weighted by Gasteiger charge is -2.16. The molecule has 5 nitrogen and oxygen atoms in total. The van der Waals surface area contributed by atoms with E-state index in [2.05, 4.69) is 21.0 Å². The van der Waals surface area contributed by atoms with Gasteiger partial charge in [-0.3, -0.25) is 4.68 Å². The van der Waals surface area contributed by atoms with Gasteiger partial charge in [-0.2, -0.15) is 5.10 Å². The second-order valence-electron chi connectivity index (χ2n) is 4.00. The third-order valence-electron chi connectivity index (χ3n) is 2.89. The molecule has 1 atom stereocenters. The number of benzene rings is 1. The Bertz CT molecular complexity index is 570. The number of hydrogen-bond donors (Lipinski definition) is 1. The van der Waals surface area contributed by atoms with Crippen molar-refractivity contribution in [2.24, 2.45) is 5.73 Å². The van der Waals surface area contributed by atoms with E-state index in [4.69, 9.17) is 15.2 Å². The summed E-state index contributed by atoms with van der Waals surface area (Å²) in [5.41, 5.74) is 6.90. The SMILES string of the molecule is NCC(c1ccc2c(c1)OCO2)n1cc(Br)cn1. The van der Waals surface area contributed by atoms with E-state index in [1.54, 1.807) is 6.20 Å². The number of halogens is 1. The summed E-state index contributed by atoms with van der Waals surface area (Å²) in [5, 5.41) is 4.27. The fourth-order valence-electron chi connectivity index (χ4n) is 2.00. The van der Waals surface area contributed by atoms with Gasteiger partial charge in [0.25, 0.3) is 0 Å². The largest absolute Gasteiger partial charge is 0.454 e. The van der Waals surface area contributed by atoms with Crippen molar-refractivity contribution in [2.75, 3.05) is 13.3 Å². The van der Waals surface area contributed by atoms with E-state index in [1.807, 2.05) is 29.1 Å². The Kier molecular flexibility index (Phi) is 2.97. The lowest BCUT2D eigenvalue weighted by Crippen LogP contribution is -2.20. The first kappa shape index (κ1) is 11.6. The molecular weight excluding hydrogens is 298 g/mol. The second-order valence-corrected chi connectivity index (χ2v) is 4.92. The minimum atomic E-state index is -0.00852. The van der Waals surface area contributed by atoms with Crippen LogP contribution in [0.15, 0.2) is 35.1 Å². The van der Waals surface area contributed by atoms with Gasteiger partial charge in [0.15, 0.2) is 11.5 Å². The highest BCUT2D eigenvalue weighted by atomic mass is 79.9. The summed E-state index contributed by atoms with van der Waals surface area (Å²) in [7, 11) is 0. The van der Waals surface area contributed by atoms with Crippen LogP contribution in [-0.2, 0) is 0 Å². The Morgan fingerprint density at radius 3 is 2.94 bits per heavy atom. The van der Waals surface area contributed by atoms with E-state index in [0.29, 0.717) is 6.54 Å². The molecule has 0 bridgehead atoms. The summed E-state index contributed by atoms with van der Waals surface area (Å²) in [4.78, 5) is 0. The summed E-state index contributed by atoms with van der Waals surface area (Å²) < 4.78 is 13.4. The highest BCUT2D eigenvalue weighted by Crippen LogP contribution is 2.34. The first-order valence-corrected chi connectivity index (χ1v) is 6.36. The predicted molar refractivity (Wildman–Crippen MR) is 69.7 cm³/mol. The highest BCUT2D eigenvalue weighted by molar-refractivity contribution is 9.10. The van der Waals surface area contributed by atoms with Crippen LogP contribution in [0.3, 0.4) is 0 Å². The highest BCUT2D eigenvalue weighted by Gasteiger charge is 2.18. The van der Waals surface area contributed by atoms with Crippen LogP contribution in [0.25, 0.3) is 0 Å². The number of fused-ring (bicyclic) bond motifs is 1. The quantitative estimate of drug-likeness (QED) is 0.941. The summed E-state index contributed by atoms with van der Waals surface area (Å²) in [6, 6.07) is 5.83. The maximum Gasteiger partial charge on any atom is 0.231 e. The molecule has 1 unspecified atom stereocenters. The zero-order valence-corrected chi connectivity index (χ0v) is 11.1. The van der Waals surface area contributed by atoms with E-state index in [0.717, 1.165) is 21.5 Å². The van der Waals surface area contributed by atoms with Crippen molar-refractivity contribution >= 4 is 15.9 Å². The van der Waals surface area contributed by atoms with Gasteiger partial charge in [0.05, 0.1) is 16.7 Å². The maximum absolute atomic E-state index is 5.84. The van der Waals surface area contributed by atoms with Crippen molar-refractivity contribution in [2.45, 2.75) is 6.04 Å². The van der Waals surface area contributed by atoms with Crippen molar-refractivity contribution < 1.29 is 9.47 Å². The van der Waals surface area contributed by atoms with Gasteiger partial charge in [-0.25, -0.2) is 0 Å². The fraction of sp³-hybridized carbons (Fsp3) is 0.250.